The van der Waals surface area contributed by atoms with E-state index in [1.165, 1.54) is 0 Å². The van der Waals surface area contributed by atoms with Gasteiger partial charge >= 0.3 is 24.1 Å². The summed E-state index contributed by atoms with van der Waals surface area (Å²) in [5.74, 6) is -2.59. The van der Waals surface area contributed by atoms with Crippen LogP contribution in [-0.2, 0) is 15.7 Å². The Kier molecular flexibility index (Phi) is 5.97. The maximum absolute atomic E-state index is 12.8. The van der Waals surface area contributed by atoms with Crippen molar-refractivity contribution in [3.8, 4) is 0 Å². The number of hydrogen-bond acceptors (Lipinski definition) is 5. The van der Waals surface area contributed by atoms with Crippen molar-refractivity contribution in [3.63, 3.8) is 0 Å². The van der Waals surface area contributed by atoms with E-state index in [1.54, 1.807) is 0 Å². The summed E-state index contributed by atoms with van der Waals surface area (Å²) in [5, 5.41) is 22.2. The lowest BCUT2D eigenvalue weighted by Crippen LogP contribution is -2.47. The number of carbonyl (C=O) groups is 3. The van der Waals surface area contributed by atoms with E-state index in [2.05, 4.69) is 4.74 Å². The molecule has 0 bridgehead atoms. The van der Waals surface area contributed by atoms with Crippen molar-refractivity contribution in [3.05, 3.63) is 29.3 Å². The number of esters is 1. The topological polar surface area (TPSA) is 125 Å². The van der Waals surface area contributed by atoms with E-state index in [0.717, 1.165) is 20.1 Å². The van der Waals surface area contributed by atoms with E-state index < -0.39 is 47.5 Å². The van der Waals surface area contributed by atoms with Gasteiger partial charge in [-0.2, -0.15) is 13.2 Å². The lowest BCUT2D eigenvalue weighted by atomic mass is 10.1. The Morgan fingerprint density at radius 1 is 1.24 bits per heavy atom. The summed E-state index contributed by atoms with van der Waals surface area (Å²) in [7, 11) is 1.01. The van der Waals surface area contributed by atoms with Gasteiger partial charge in [-0.15, -0.1) is 0 Å². The number of carboxylic acids is 1. The van der Waals surface area contributed by atoms with E-state index in [4.69, 9.17) is 5.11 Å². The van der Waals surface area contributed by atoms with Crippen molar-refractivity contribution in [1.29, 1.82) is 0 Å². The number of nitrogens with one attached hydrogen (secondary N) is 2. The fraction of sp³-hybridized carbons (Fsp3) is 0.357. The number of methoxy groups -OCH3 is 1. The first-order chi connectivity index (χ1) is 11.4. The fourth-order valence-electron chi connectivity index (χ4n) is 1.61. The third-order valence-electron chi connectivity index (χ3n) is 3.05. The van der Waals surface area contributed by atoms with Crippen molar-refractivity contribution >= 4 is 23.7 Å². The molecule has 0 heterocycles. The Bertz CT molecular complexity index is 688. The Labute approximate surface area is 139 Å². The minimum atomic E-state index is -4.71. The van der Waals surface area contributed by atoms with E-state index in [9.17, 15) is 32.7 Å². The van der Waals surface area contributed by atoms with Gasteiger partial charge < -0.3 is 25.6 Å². The van der Waals surface area contributed by atoms with Crippen LogP contribution in [0, 0.1) is 0 Å². The highest BCUT2D eigenvalue weighted by Crippen LogP contribution is 2.32. The number of ether oxygens (including phenoxy) is 1. The number of alkyl halides is 3. The van der Waals surface area contributed by atoms with Gasteiger partial charge in [0.2, 0.25) is 0 Å². The Balaban J connectivity index is 3.03. The van der Waals surface area contributed by atoms with Crippen molar-refractivity contribution in [2.45, 2.75) is 18.7 Å². The summed E-state index contributed by atoms with van der Waals surface area (Å²) in [6.07, 6.45) is -4.71. The quantitative estimate of drug-likeness (QED) is 0.586. The predicted molar refractivity (Wildman–Crippen MR) is 78.1 cm³/mol. The molecule has 8 nitrogen and oxygen atoms in total. The van der Waals surface area contributed by atoms with Crippen molar-refractivity contribution in [2.24, 2.45) is 0 Å². The number of aliphatic carboxylic acids is 1. The average molecular weight is 364 g/mol. The van der Waals surface area contributed by atoms with E-state index in [1.807, 2.05) is 10.6 Å². The molecule has 1 rings (SSSR count). The molecule has 1 unspecified atom stereocenters. The molecule has 138 valence electrons. The van der Waals surface area contributed by atoms with Gasteiger partial charge in [-0.1, -0.05) is 0 Å². The second kappa shape index (κ2) is 7.38. The first-order valence-corrected chi connectivity index (χ1v) is 6.68. The third kappa shape index (κ3) is 5.35. The van der Waals surface area contributed by atoms with E-state index in [0.29, 0.717) is 12.1 Å². The molecule has 0 fully saturated rings. The Morgan fingerprint density at radius 2 is 1.84 bits per heavy atom. The second-order valence-corrected chi connectivity index (χ2v) is 5.14. The molecule has 0 aliphatic carbocycles. The SMILES string of the molecule is COC(=O)c1ccc(C(F)(F)F)cc1NC(=O)NCC(C)(O)C(=O)O. The molecule has 25 heavy (non-hydrogen) atoms. The van der Waals surface area contributed by atoms with Crippen LogP contribution in [0.15, 0.2) is 18.2 Å². The molecule has 0 radical (unpaired) electrons. The van der Waals surface area contributed by atoms with Crippen molar-refractivity contribution in [1.82, 2.24) is 5.32 Å². The number of hydrogen-bond donors (Lipinski definition) is 4. The zero-order valence-electron chi connectivity index (χ0n) is 13.1. The van der Waals surface area contributed by atoms with Crippen molar-refractivity contribution in [2.75, 3.05) is 19.0 Å². The summed E-state index contributed by atoms with van der Waals surface area (Å²) < 4.78 is 42.7. The number of urea groups is 1. The summed E-state index contributed by atoms with van der Waals surface area (Å²) in [4.78, 5) is 34.1. The number of benzene rings is 1. The maximum Gasteiger partial charge on any atom is 0.416 e. The number of halogens is 3. The lowest BCUT2D eigenvalue weighted by molar-refractivity contribution is -0.155. The summed E-state index contributed by atoms with van der Waals surface area (Å²) in [5.41, 5.74) is -4.23. The van der Waals surface area contributed by atoms with Gasteiger partial charge in [0.1, 0.15) is 0 Å². The normalized spacial score (nSPS) is 13.5. The molecule has 0 aromatic heterocycles. The zero-order chi connectivity index (χ0) is 19.4. The van der Waals surface area contributed by atoms with Crippen LogP contribution in [0.2, 0.25) is 0 Å². The maximum atomic E-state index is 12.8. The highest BCUT2D eigenvalue weighted by Gasteiger charge is 2.33. The molecular weight excluding hydrogens is 349 g/mol. The van der Waals surface area contributed by atoms with E-state index >= 15 is 0 Å². The van der Waals surface area contributed by atoms with Crippen LogP contribution in [0.3, 0.4) is 0 Å². The van der Waals surface area contributed by atoms with Crippen LogP contribution in [0.4, 0.5) is 23.7 Å². The first-order valence-electron chi connectivity index (χ1n) is 6.68. The summed E-state index contributed by atoms with van der Waals surface area (Å²) >= 11 is 0. The second-order valence-electron chi connectivity index (χ2n) is 5.14. The van der Waals surface area contributed by atoms with Gasteiger partial charge in [-0.3, -0.25) is 0 Å². The van der Waals surface area contributed by atoms with Gasteiger partial charge in [-0.25, -0.2) is 14.4 Å². The molecule has 0 aliphatic heterocycles. The summed E-state index contributed by atoms with van der Waals surface area (Å²) in [6, 6.07) is 0.884. The number of amides is 2. The number of anilines is 1. The molecule has 1 aromatic carbocycles. The molecule has 0 spiro atoms. The van der Waals surface area contributed by atoms with Gasteiger partial charge in [0.15, 0.2) is 5.60 Å². The molecule has 0 saturated heterocycles. The highest BCUT2D eigenvalue weighted by molar-refractivity contribution is 6.01. The number of carbonyl (C=O) groups excluding carboxylic acids is 2. The molecule has 2 amide bonds. The third-order valence-corrected chi connectivity index (χ3v) is 3.05. The van der Waals surface area contributed by atoms with Gasteiger partial charge in [0.05, 0.1) is 30.5 Å². The summed E-state index contributed by atoms with van der Waals surface area (Å²) in [6.45, 7) is 0.195. The van der Waals surface area contributed by atoms with E-state index in [-0.39, 0.29) is 5.56 Å². The number of rotatable bonds is 5. The fourth-order valence-corrected chi connectivity index (χ4v) is 1.61. The first kappa shape index (κ1) is 20.2. The minimum absolute atomic E-state index is 0.337. The van der Waals surface area contributed by atoms with Crippen LogP contribution < -0.4 is 10.6 Å². The largest absolute Gasteiger partial charge is 0.479 e. The molecule has 1 atom stereocenters. The van der Waals surface area contributed by atoms with Crippen LogP contribution in [-0.4, -0.2) is 47.4 Å². The van der Waals surface area contributed by atoms with Gasteiger partial charge in [-0.05, 0) is 25.1 Å². The Morgan fingerprint density at radius 3 is 2.32 bits per heavy atom. The van der Waals surface area contributed by atoms with Crippen LogP contribution in [0.25, 0.3) is 0 Å². The molecule has 4 N–H and O–H groups in total. The minimum Gasteiger partial charge on any atom is -0.479 e. The number of carboxylic acid groups (broad SMARTS) is 1. The molecule has 1 aromatic rings. The molecular formula is C14H15F3N2O6. The predicted octanol–water partition coefficient (Wildman–Crippen LogP) is 1.45. The van der Waals surface area contributed by atoms with Crippen LogP contribution in [0.5, 0.6) is 0 Å². The molecule has 0 saturated carbocycles. The molecule has 11 heteroatoms. The molecule has 0 aliphatic rings. The lowest BCUT2D eigenvalue weighted by Gasteiger charge is -2.19. The monoisotopic (exact) mass is 364 g/mol. The van der Waals surface area contributed by atoms with Gasteiger partial charge in [0.25, 0.3) is 0 Å². The number of aliphatic hydroxyl groups is 1. The Hall–Kier alpha value is -2.82. The smallest absolute Gasteiger partial charge is 0.416 e. The average Bonchev–Trinajstić information content (AvgIpc) is 2.51. The van der Waals surface area contributed by atoms with Gasteiger partial charge in [0, 0.05) is 0 Å². The standard InChI is InChI=1S/C14H15F3N2O6/c1-13(24,11(21)22)6-18-12(23)19-9-5-7(14(15,16)17)3-4-8(9)10(20)25-2/h3-5,24H,6H2,1-2H3,(H,21,22)(H2,18,19,23). The highest BCUT2D eigenvalue weighted by atomic mass is 19.4. The van der Waals surface area contributed by atoms with Crippen molar-refractivity contribution < 1.29 is 42.5 Å². The van der Waals surface area contributed by atoms with Crippen LogP contribution in [0.1, 0.15) is 22.8 Å². The van der Waals surface area contributed by atoms with Crippen LogP contribution >= 0.6 is 0 Å². The zero-order valence-corrected chi connectivity index (χ0v) is 13.1.